The average molecular weight is 355 g/mol. The van der Waals surface area contributed by atoms with Gasteiger partial charge in [0, 0.05) is 23.9 Å². The van der Waals surface area contributed by atoms with Crippen molar-refractivity contribution in [3.05, 3.63) is 34.3 Å². The molecule has 0 bridgehead atoms. The van der Waals surface area contributed by atoms with E-state index in [0.29, 0.717) is 17.0 Å². The Bertz CT molecular complexity index is 763. The van der Waals surface area contributed by atoms with Gasteiger partial charge in [-0.3, -0.25) is 9.79 Å². The zero-order valence-electron chi connectivity index (χ0n) is 13.6. The Balaban J connectivity index is 1.68. The second kappa shape index (κ2) is 7.13. The summed E-state index contributed by atoms with van der Waals surface area (Å²) in [6.45, 7) is 1.06. The Kier molecular flexibility index (Phi) is 5.10. The second-order valence-electron chi connectivity index (χ2n) is 6.46. The number of benzene rings is 1. The fourth-order valence-corrected chi connectivity index (χ4v) is 3.16. The number of carbonyl (C=O) groups excluding carboxylic acids is 1. The number of nitrogens with one attached hydrogen (secondary N) is 1. The quantitative estimate of drug-likeness (QED) is 0.821. The first-order valence-electron chi connectivity index (χ1n) is 8.24. The van der Waals surface area contributed by atoms with Gasteiger partial charge in [0.15, 0.2) is 5.78 Å². The largest absolute Gasteiger partial charge is 0.416 e. The van der Waals surface area contributed by atoms with Crippen molar-refractivity contribution in [3.8, 4) is 0 Å². The van der Waals surface area contributed by atoms with Crippen LogP contribution < -0.4 is 15.9 Å². The van der Waals surface area contributed by atoms with Gasteiger partial charge in [0.1, 0.15) is 6.67 Å². The van der Waals surface area contributed by atoms with E-state index in [0.717, 1.165) is 25.1 Å². The molecule has 1 fully saturated rings. The number of Topliss-reactive ketones (excluding diaryl/α,β-unsaturated/α-hetero) is 1. The summed E-state index contributed by atoms with van der Waals surface area (Å²) >= 11 is 0. The molecule has 0 spiro atoms. The van der Waals surface area contributed by atoms with Crippen LogP contribution in [0, 0.1) is 0 Å². The fraction of sp³-hybridized carbons (Fsp3) is 0.529. The van der Waals surface area contributed by atoms with Crippen molar-refractivity contribution in [2.45, 2.75) is 37.6 Å². The first-order chi connectivity index (χ1) is 11.8. The maximum Gasteiger partial charge on any atom is 0.416 e. The van der Waals surface area contributed by atoms with Crippen molar-refractivity contribution < 1.29 is 23.1 Å². The van der Waals surface area contributed by atoms with Crippen LogP contribution in [0.3, 0.4) is 0 Å². The van der Waals surface area contributed by atoms with Gasteiger partial charge in [0.05, 0.1) is 23.6 Å². The summed E-state index contributed by atoms with van der Waals surface area (Å²) in [7, 11) is 0. The van der Waals surface area contributed by atoms with E-state index in [-0.39, 0.29) is 31.5 Å². The van der Waals surface area contributed by atoms with E-state index in [4.69, 9.17) is 0 Å². The molecule has 2 aliphatic rings. The minimum Gasteiger partial charge on any atom is -0.391 e. The lowest BCUT2D eigenvalue weighted by molar-refractivity contribution is -0.137. The summed E-state index contributed by atoms with van der Waals surface area (Å²) in [6.07, 6.45) is -1.67. The Labute approximate surface area is 142 Å². The fourth-order valence-electron chi connectivity index (χ4n) is 3.16. The van der Waals surface area contributed by atoms with Gasteiger partial charge in [-0.25, -0.2) is 0 Å². The SMILES string of the molecule is O=C(C[C@@H]1NCCC[C@H]1O)CN1C=c2cc(C(F)(F)F)ccc2=NC1. The number of aliphatic hydroxyl groups is 1. The number of hydrogen-bond acceptors (Lipinski definition) is 5. The van der Waals surface area contributed by atoms with E-state index in [1.165, 1.54) is 6.07 Å². The predicted molar refractivity (Wildman–Crippen MR) is 84.9 cm³/mol. The van der Waals surface area contributed by atoms with Crippen LogP contribution in [0.4, 0.5) is 13.2 Å². The molecule has 0 amide bonds. The number of piperidine rings is 1. The van der Waals surface area contributed by atoms with Gasteiger partial charge >= 0.3 is 6.18 Å². The standard InChI is InChI=1S/C17H20F3N3O2/c18-17(19,20)12-3-4-14-11(6-12)8-23(10-22-14)9-13(24)7-15-16(25)2-1-5-21-15/h3-4,6,8,15-16,21,25H,1-2,5,7,9-10H2/t15-,16+/m0/s1. The zero-order chi connectivity index (χ0) is 18.0. The Morgan fingerprint density at radius 2 is 2.20 bits per heavy atom. The number of rotatable bonds is 4. The molecule has 0 radical (unpaired) electrons. The molecular formula is C17H20F3N3O2. The number of nitrogens with zero attached hydrogens (tertiary/aromatic N) is 2. The molecule has 1 aromatic carbocycles. The molecule has 3 rings (SSSR count). The number of alkyl halides is 3. The average Bonchev–Trinajstić information content (AvgIpc) is 2.55. The van der Waals surface area contributed by atoms with E-state index in [9.17, 15) is 23.1 Å². The molecule has 0 aromatic heterocycles. The van der Waals surface area contributed by atoms with Crippen molar-refractivity contribution in [3.63, 3.8) is 0 Å². The summed E-state index contributed by atoms with van der Waals surface area (Å²) in [4.78, 5) is 18.0. The lowest BCUT2D eigenvalue weighted by atomic mass is 9.97. The summed E-state index contributed by atoms with van der Waals surface area (Å²) in [5.41, 5.74) is -0.736. The molecule has 2 heterocycles. The molecular weight excluding hydrogens is 335 g/mol. The van der Waals surface area contributed by atoms with Crippen LogP contribution in [0.15, 0.2) is 23.2 Å². The van der Waals surface area contributed by atoms with Crippen LogP contribution in [0.2, 0.25) is 0 Å². The highest BCUT2D eigenvalue weighted by atomic mass is 19.4. The molecule has 2 N–H and O–H groups in total. The van der Waals surface area contributed by atoms with Crippen LogP contribution in [0.25, 0.3) is 6.20 Å². The van der Waals surface area contributed by atoms with Crippen LogP contribution in [-0.4, -0.2) is 47.7 Å². The number of halogens is 3. The molecule has 8 heteroatoms. The molecule has 0 unspecified atom stereocenters. The predicted octanol–water partition coefficient (Wildman–Crippen LogP) is 0.408. The van der Waals surface area contributed by atoms with E-state index in [2.05, 4.69) is 10.3 Å². The molecule has 2 atom stereocenters. The number of hydrogen-bond donors (Lipinski definition) is 2. The van der Waals surface area contributed by atoms with Crippen LogP contribution >= 0.6 is 0 Å². The summed E-state index contributed by atoms with van der Waals surface area (Å²) in [6, 6.07) is 3.14. The van der Waals surface area contributed by atoms with Crippen molar-refractivity contribution in [1.29, 1.82) is 0 Å². The van der Waals surface area contributed by atoms with E-state index in [1.807, 2.05) is 0 Å². The summed E-state index contributed by atoms with van der Waals surface area (Å²) in [5, 5.41) is 13.9. The van der Waals surface area contributed by atoms with Crippen molar-refractivity contribution in [2.24, 2.45) is 4.99 Å². The van der Waals surface area contributed by atoms with E-state index in [1.54, 1.807) is 11.1 Å². The normalized spacial score (nSPS) is 23.4. The third kappa shape index (κ3) is 4.38. The first kappa shape index (κ1) is 17.9. The number of carbonyl (C=O) groups is 1. The van der Waals surface area contributed by atoms with Gasteiger partial charge < -0.3 is 15.3 Å². The Hall–Kier alpha value is -1.93. The highest BCUT2D eigenvalue weighted by Crippen LogP contribution is 2.27. The smallest absolute Gasteiger partial charge is 0.391 e. The van der Waals surface area contributed by atoms with Gasteiger partial charge in [-0.15, -0.1) is 0 Å². The van der Waals surface area contributed by atoms with Gasteiger partial charge in [-0.2, -0.15) is 13.2 Å². The van der Waals surface area contributed by atoms with E-state index < -0.39 is 17.8 Å². The highest BCUT2D eigenvalue weighted by Gasteiger charge is 2.30. The molecule has 25 heavy (non-hydrogen) atoms. The third-order valence-corrected chi connectivity index (χ3v) is 4.47. The molecule has 5 nitrogen and oxygen atoms in total. The molecule has 1 aromatic rings. The number of aliphatic hydroxyl groups excluding tert-OH is 1. The molecule has 0 aliphatic carbocycles. The third-order valence-electron chi connectivity index (χ3n) is 4.47. The van der Waals surface area contributed by atoms with Gasteiger partial charge in [0.25, 0.3) is 0 Å². The first-order valence-corrected chi connectivity index (χ1v) is 8.24. The van der Waals surface area contributed by atoms with E-state index >= 15 is 0 Å². The minimum atomic E-state index is -4.41. The highest BCUT2D eigenvalue weighted by molar-refractivity contribution is 5.81. The zero-order valence-corrected chi connectivity index (χ0v) is 13.6. The topological polar surface area (TPSA) is 64.9 Å². The number of ketones is 1. The lowest BCUT2D eigenvalue weighted by Crippen LogP contribution is -2.47. The van der Waals surface area contributed by atoms with Crippen LogP contribution in [-0.2, 0) is 11.0 Å². The Morgan fingerprint density at radius 3 is 2.92 bits per heavy atom. The maximum atomic E-state index is 12.8. The second-order valence-corrected chi connectivity index (χ2v) is 6.46. The van der Waals surface area contributed by atoms with Crippen molar-refractivity contribution >= 4 is 12.0 Å². The van der Waals surface area contributed by atoms with Gasteiger partial charge in [0.2, 0.25) is 0 Å². The van der Waals surface area contributed by atoms with Crippen molar-refractivity contribution in [2.75, 3.05) is 19.8 Å². The maximum absolute atomic E-state index is 12.8. The molecule has 2 aliphatic heterocycles. The molecule has 1 saturated heterocycles. The Morgan fingerprint density at radius 1 is 1.40 bits per heavy atom. The van der Waals surface area contributed by atoms with Gasteiger partial charge in [-0.1, -0.05) is 0 Å². The summed E-state index contributed by atoms with van der Waals surface area (Å²) in [5.74, 6) is -0.0830. The van der Waals surface area contributed by atoms with Crippen LogP contribution in [0.1, 0.15) is 24.8 Å². The van der Waals surface area contributed by atoms with Crippen LogP contribution in [0.5, 0.6) is 0 Å². The molecule has 0 saturated carbocycles. The monoisotopic (exact) mass is 355 g/mol. The molecule has 136 valence electrons. The summed E-state index contributed by atoms with van der Waals surface area (Å²) < 4.78 is 38.5. The van der Waals surface area contributed by atoms with Crippen molar-refractivity contribution in [1.82, 2.24) is 10.2 Å². The van der Waals surface area contributed by atoms with Gasteiger partial charge in [-0.05, 0) is 37.6 Å². The number of fused-ring (bicyclic) bond motifs is 1. The minimum absolute atomic E-state index is 0.0596. The lowest BCUT2D eigenvalue weighted by Gasteiger charge is -2.29.